The van der Waals surface area contributed by atoms with Gasteiger partial charge in [0.25, 0.3) is 5.56 Å². The maximum Gasteiger partial charge on any atom is 0.272 e. The van der Waals surface area contributed by atoms with Crippen LogP contribution < -0.4 is 10.5 Å². The van der Waals surface area contributed by atoms with Gasteiger partial charge in [0.05, 0.1) is 43.7 Å². The summed E-state index contributed by atoms with van der Waals surface area (Å²) in [5.41, 5.74) is 1.76. The number of carbonyl (C=O) groups excluding carboxylic acids is 1. The fraction of sp³-hybridized carbons (Fsp3) is 0.240. The highest BCUT2D eigenvalue weighted by Gasteiger charge is 2.25. The molecule has 0 bridgehead atoms. The lowest BCUT2D eigenvalue weighted by molar-refractivity contribution is -0.917. The summed E-state index contributed by atoms with van der Waals surface area (Å²) in [6, 6.07) is 22.3. The molecule has 1 fully saturated rings. The Morgan fingerprint density at radius 3 is 2.39 bits per heavy atom. The molecule has 0 aliphatic carbocycles. The Morgan fingerprint density at radius 1 is 0.903 bits per heavy atom. The van der Waals surface area contributed by atoms with Crippen LogP contribution in [0.15, 0.2) is 71.5 Å². The van der Waals surface area contributed by atoms with Gasteiger partial charge in [0.15, 0.2) is 0 Å². The van der Waals surface area contributed by atoms with Crippen molar-refractivity contribution in [1.82, 2.24) is 15.1 Å². The third-order valence-corrected chi connectivity index (χ3v) is 6.24. The predicted octanol–water partition coefficient (Wildman–Crippen LogP) is 1.55. The lowest BCUT2D eigenvalue weighted by Crippen LogP contribution is -3.13. The van der Waals surface area contributed by atoms with Gasteiger partial charge < -0.3 is 9.80 Å². The van der Waals surface area contributed by atoms with Crippen molar-refractivity contribution in [1.29, 1.82) is 0 Å². The number of nitrogens with zero attached hydrogens (tertiary/aromatic N) is 2. The maximum absolute atomic E-state index is 12.9. The fourth-order valence-electron chi connectivity index (χ4n) is 4.53. The molecular formula is C25H25N4O2+. The van der Waals surface area contributed by atoms with Crippen LogP contribution in [0.25, 0.3) is 21.5 Å². The molecule has 1 amide bonds. The highest BCUT2D eigenvalue weighted by molar-refractivity contribution is 5.88. The summed E-state index contributed by atoms with van der Waals surface area (Å²) in [7, 11) is 0. The molecule has 0 saturated carbocycles. The van der Waals surface area contributed by atoms with Crippen LogP contribution in [0.1, 0.15) is 11.3 Å². The van der Waals surface area contributed by atoms with E-state index in [1.54, 1.807) is 6.07 Å². The van der Waals surface area contributed by atoms with E-state index < -0.39 is 0 Å². The molecule has 0 spiro atoms. The van der Waals surface area contributed by atoms with Gasteiger partial charge in [0.1, 0.15) is 6.54 Å². The Labute approximate surface area is 180 Å². The molecule has 0 unspecified atom stereocenters. The first-order valence-corrected chi connectivity index (χ1v) is 10.7. The van der Waals surface area contributed by atoms with Crippen LogP contribution in [0.5, 0.6) is 0 Å². The van der Waals surface area contributed by atoms with Crippen molar-refractivity contribution >= 4 is 27.5 Å². The van der Waals surface area contributed by atoms with Crippen LogP contribution in [0.2, 0.25) is 0 Å². The van der Waals surface area contributed by atoms with E-state index in [-0.39, 0.29) is 17.9 Å². The van der Waals surface area contributed by atoms with Crippen LogP contribution in [0, 0.1) is 0 Å². The molecular weight excluding hydrogens is 388 g/mol. The van der Waals surface area contributed by atoms with E-state index in [2.05, 4.69) is 52.7 Å². The third kappa shape index (κ3) is 3.94. The van der Waals surface area contributed by atoms with Gasteiger partial charge in [-0.05, 0) is 16.8 Å². The van der Waals surface area contributed by atoms with Crippen molar-refractivity contribution in [3.63, 3.8) is 0 Å². The Hall–Kier alpha value is -3.51. The van der Waals surface area contributed by atoms with Crippen molar-refractivity contribution < 1.29 is 9.69 Å². The van der Waals surface area contributed by atoms with Crippen molar-refractivity contribution in [3.8, 4) is 0 Å². The number of hydrogen-bond acceptors (Lipinski definition) is 3. The van der Waals surface area contributed by atoms with E-state index in [4.69, 9.17) is 0 Å². The number of amides is 1. The van der Waals surface area contributed by atoms with E-state index in [1.165, 1.54) is 21.2 Å². The van der Waals surface area contributed by atoms with Crippen LogP contribution in [-0.2, 0) is 17.8 Å². The number of benzene rings is 3. The molecule has 4 aromatic rings. The summed E-state index contributed by atoms with van der Waals surface area (Å²) in [6.45, 7) is 4.29. The van der Waals surface area contributed by atoms with Crippen LogP contribution in [-0.4, -0.2) is 47.2 Å². The molecule has 1 aromatic heterocycles. The zero-order chi connectivity index (χ0) is 21.2. The van der Waals surface area contributed by atoms with Crippen LogP contribution in [0.3, 0.4) is 0 Å². The number of rotatable bonds is 4. The number of H-pyrrole nitrogens is 1. The molecule has 0 radical (unpaired) electrons. The minimum Gasteiger partial charge on any atom is -0.331 e. The number of hydrogen-bond donors (Lipinski definition) is 2. The highest BCUT2D eigenvalue weighted by Crippen LogP contribution is 2.18. The number of aromatic nitrogens is 2. The van der Waals surface area contributed by atoms with Crippen molar-refractivity contribution in [2.24, 2.45) is 0 Å². The van der Waals surface area contributed by atoms with Gasteiger partial charge in [-0.15, -0.1) is 0 Å². The summed E-state index contributed by atoms with van der Waals surface area (Å²) in [5, 5.41) is 10.6. The van der Waals surface area contributed by atoms with Gasteiger partial charge in [-0.2, -0.15) is 5.10 Å². The monoisotopic (exact) mass is 413 g/mol. The normalized spacial score (nSPS) is 14.9. The first-order chi connectivity index (χ1) is 15.2. The zero-order valence-electron chi connectivity index (χ0n) is 17.3. The molecule has 3 aromatic carbocycles. The van der Waals surface area contributed by atoms with Crippen molar-refractivity contribution in [3.05, 3.63) is 88.3 Å². The number of aromatic amines is 1. The molecule has 156 valence electrons. The van der Waals surface area contributed by atoms with Crippen LogP contribution >= 0.6 is 0 Å². The summed E-state index contributed by atoms with van der Waals surface area (Å²) in [5.74, 6) is 0.0638. The third-order valence-electron chi connectivity index (χ3n) is 6.24. The number of piperazine rings is 1. The Balaban J connectivity index is 1.24. The van der Waals surface area contributed by atoms with Gasteiger partial charge in [-0.1, -0.05) is 60.7 Å². The topological polar surface area (TPSA) is 70.5 Å². The molecule has 6 nitrogen and oxygen atoms in total. The second kappa shape index (κ2) is 8.32. The molecule has 2 N–H and O–H groups in total. The van der Waals surface area contributed by atoms with Crippen molar-refractivity contribution in [2.75, 3.05) is 26.2 Å². The molecule has 1 aliphatic heterocycles. The minimum atomic E-state index is -0.225. The second-order valence-electron chi connectivity index (χ2n) is 8.17. The SMILES string of the molecule is O=C(Cc1n[nH]c(=O)c2ccccc12)N1CC[NH+](Cc2cccc3ccccc23)CC1. The molecule has 1 saturated heterocycles. The number of fused-ring (bicyclic) bond motifs is 2. The smallest absolute Gasteiger partial charge is 0.272 e. The Kier molecular flexibility index (Phi) is 5.22. The maximum atomic E-state index is 12.9. The standard InChI is InChI=1S/C25H24N4O2/c30-24(16-23-21-10-3-4-11-22(21)25(31)27-26-23)29-14-12-28(13-15-29)17-19-8-5-7-18-6-1-2-9-20(18)19/h1-11H,12-17H2,(H,27,31)/p+1. The average Bonchev–Trinajstić information content (AvgIpc) is 2.82. The predicted molar refractivity (Wildman–Crippen MR) is 121 cm³/mol. The van der Waals surface area contributed by atoms with Crippen LogP contribution in [0.4, 0.5) is 0 Å². The van der Waals surface area contributed by atoms with Gasteiger partial charge in [0, 0.05) is 10.9 Å². The molecule has 31 heavy (non-hydrogen) atoms. The van der Waals surface area contributed by atoms with Crippen molar-refractivity contribution in [2.45, 2.75) is 13.0 Å². The Bertz CT molecular complexity index is 1300. The quantitative estimate of drug-likeness (QED) is 0.533. The zero-order valence-corrected chi connectivity index (χ0v) is 17.3. The van der Waals surface area contributed by atoms with E-state index in [0.29, 0.717) is 11.1 Å². The lowest BCUT2D eigenvalue weighted by atomic mass is 10.0. The molecule has 0 atom stereocenters. The van der Waals surface area contributed by atoms with E-state index in [1.807, 2.05) is 23.1 Å². The summed E-state index contributed by atoms with van der Waals surface area (Å²) >= 11 is 0. The lowest BCUT2D eigenvalue weighted by Gasteiger charge is -2.32. The number of quaternary nitrogens is 1. The molecule has 1 aliphatic rings. The molecule has 6 heteroatoms. The second-order valence-corrected chi connectivity index (χ2v) is 8.17. The molecule has 2 heterocycles. The first kappa shape index (κ1) is 19.5. The first-order valence-electron chi connectivity index (χ1n) is 10.7. The van der Waals surface area contributed by atoms with Gasteiger partial charge >= 0.3 is 0 Å². The highest BCUT2D eigenvalue weighted by atomic mass is 16.2. The average molecular weight is 414 g/mol. The van der Waals surface area contributed by atoms with Gasteiger partial charge in [-0.25, -0.2) is 5.10 Å². The van der Waals surface area contributed by atoms with E-state index >= 15 is 0 Å². The van der Waals surface area contributed by atoms with Gasteiger partial charge in [-0.3, -0.25) is 9.59 Å². The largest absolute Gasteiger partial charge is 0.331 e. The molecule has 5 rings (SSSR count). The number of carbonyl (C=O) groups is 1. The van der Waals surface area contributed by atoms with Gasteiger partial charge in [0.2, 0.25) is 5.91 Å². The Morgan fingerprint density at radius 2 is 1.58 bits per heavy atom. The fourth-order valence-corrected chi connectivity index (χ4v) is 4.53. The summed E-state index contributed by atoms with van der Waals surface area (Å²) < 4.78 is 0. The van der Waals surface area contributed by atoms with E-state index in [9.17, 15) is 9.59 Å². The summed E-state index contributed by atoms with van der Waals surface area (Å²) in [4.78, 5) is 28.3. The minimum absolute atomic E-state index is 0.0638. The number of nitrogens with one attached hydrogen (secondary N) is 2. The van der Waals surface area contributed by atoms with E-state index in [0.717, 1.165) is 38.1 Å². The summed E-state index contributed by atoms with van der Waals surface area (Å²) in [6.07, 6.45) is 0.204.